The summed E-state index contributed by atoms with van der Waals surface area (Å²) in [4.78, 5) is 0. The number of rotatable bonds is 4. The van der Waals surface area contributed by atoms with Crippen LogP contribution in [0, 0.1) is 11.7 Å². The summed E-state index contributed by atoms with van der Waals surface area (Å²) < 4.78 is 25.5. The van der Waals surface area contributed by atoms with E-state index in [1.165, 1.54) is 38.2 Å². The minimum absolute atomic E-state index is 0.306. The average molecular weight is 254 g/mol. The van der Waals surface area contributed by atoms with Crippen molar-refractivity contribution in [1.29, 1.82) is 0 Å². The maximum Gasteiger partial charge on any atom is 0.133 e. The van der Waals surface area contributed by atoms with Crippen LogP contribution in [0.5, 0.6) is 0 Å². The summed E-state index contributed by atoms with van der Waals surface area (Å²) in [5.74, 6) is 0.421. The van der Waals surface area contributed by atoms with Gasteiger partial charge < -0.3 is 4.57 Å². The predicted octanol–water partition coefficient (Wildman–Crippen LogP) is 3.98. The Labute approximate surface area is 103 Å². The first-order valence-electron chi connectivity index (χ1n) is 6.55. The molecule has 0 radical (unpaired) electrons. The molecule has 17 heavy (non-hydrogen) atoms. The van der Waals surface area contributed by atoms with Gasteiger partial charge in [-0.2, -0.15) is 0 Å². The fourth-order valence-corrected chi connectivity index (χ4v) is 4.20. The van der Waals surface area contributed by atoms with Crippen molar-refractivity contribution in [2.45, 2.75) is 38.5 Å². The van der Waals surface area contributed by atoms with Crippen LogP contribution in [0.2, 0.25) is 0 Å². The first-order valence-corrected chi connectivity index (χ1v) is 8.16. The topological polar surface area (TPSA) is 17.1 Å². The van der Waals surface area contributed by atoms with Gasteiger partial charge in [0.1, 0.15) is 13.6 Å². The van der Waals surface area contributed by atoms with Crippen molar-refractivity contribution in [3.63, 3.8) is 0 Å². The molecule has 0 saturated heterocycles. The maximum absolute atomic E-state index is 13.4. The molecule has 1 saturated carbocycles. The summed E-state index contributed by atoms with van der Waals surface area (Å²) in [5.41, 5.74) is 0. The van der Waals surface area contributed by atoms with E-state index in [-0.39, 0.29) is 5.82 Å². The Morgan fingerprint density at radius 3 is 2.59 bits per heavy atom. The number of benzene rings is 1. The molecule has 0 N–H and O–H groups in total. The van der Waals surface area contributed by atoms with Crippen molar-refractivity contribution in [2.24, 2.45) is 5.92 Å². The second-order valence-electron chi connectivity index (χ2n) is 4.95. The molecule has 1 unspecified atom stereocenters. The van der Waals surface area contributed by atoms with Crippen LogP contribution in [0.15, 0.2) is 24.3 Å². The Bertz CT molecular complexity index is 386. The van der Waals surface area contributed by atoms with Crippen LogP contribution >= 0.6 is 7.80 Å². The quantitative estimate of drug-likeness (QED) is 0.743. The summed E-state index contributed by atoms with van der Waals surface area (Å²) >= 11 is 0. The normalized spacial score (nSPS) is 19.1. The van der Waals surface area contributed by atoms with E-state index < -0.39 is 7.80 Å². The SMILES string of the molecule is O=[PH](CCC1CCCCC1)c1ccccc1F. The van der Waals surface area contributed by atoms with Gasteiger partial charge in [-0.25, -0.2) is 4.39 Å². The summed E-state index contributed by atoms with van der Waals surface area (Å²) in [6.45, 7) is 0. The van der Waals surface area contributed by atoms with E-state index in [1.807, 2.05) is 0 Å². The lowest BCUT2D eigenvalue weighted by Crippen LogP contribution is -2.09. The van der Waals surface area contributed by atoms with Gasteiger partial charge in [0.2, 0.25) is 0 Å². The summed E-state index contributed by atoms with van der Waals surface area (Å²) in [6, 6.07) is 6.48. The minimum Gasteiger partial charge on any atom is -0.322 e. The molecule has 3 heteroatoms. The third-order valence-corrected chi connectivity index (χ3v) is 5.43. The number of halogens is 1. The van der Waals surface area contributed by atoms with Gasteiger partial charge in [-0.3, -0.25) is 0 Å². The Hall–Kier alpha value is -0.620. The number of hydrogen-bond acceptors (Lipinski definition) is 1. The zero-order chi connectivity index (χ0) is 12.1. The van der Waals surface area contributed by atoms with E-state index in [1.54, 1.807) is 18.2 Å². The molecule has 2 rings (SSSR count). The fourth-order valence-electron chi connectivity index (χ4n) is 2.63. The van der Waals surface area contributed by atoms with Gasteiger partial charge in [0.25, 0.3) is 0 Å². The van der Waals surface area contributed by atoms with Crippen LogP contribution < -0.4 is 5.30 Å². The monoisotopic (exact) mass is 254 g/mol. The van der Waals surface area contributed by atoms with Crippen LogP contribution in [-0.2, 0) is 4.57 Å². The third-order valence-electron chi connectivity index (χ3n) is 3.68. The first kappa shape index (κ1) is 12.8. The van der Waals surface area contributed by atoms with E-state index in [2.05, 4.69) is 0 Å². The lowest BCUT2D eigenvalue weighted by molar-refractivity contribution is 0.350. The van der Waals surface area contributed by atoms with Gasteiger partial charge in [0.05, 0.1) is 0 Å². The Morgan fingerprint density at radius 2 is 1.88 bits per heavy atom. The Balaban J connectivity index is 1.87. The summed E-state index contributed by atoms with van der Waals surface area (Å²) in [6.07, 6.45) is 8.19. The highest BCUT2D eigenvalue weighted by Crippen LogP contribution is 2.31. The van der Waals surface area contributed by atoms with E-state index in [0.29, 0.717) is 11.5 Å². The molecule has 0 bridgehead atoms. The Morgan fingerprint density at radius 1 is 1.18 bits per heavy atom. The third kappa shape index (κ3) is 3.67. The van der Waals surface area contributed by atoms with Gasteiger partial charge in [-0.1, -0.05) is 44.2 Å². The number of hydrogen-bond donors (Lipinski definition) is 0. The van der Waals surface area contributed by atoms with Gasteiger partial charge in [-0.05, 0) is 24.5 Å². The molecule has 1 aliphatic rings. The molecule has 0 amide bonds. The lowest BCUT2D eigenvalue weighted by Gasteiger charge is -2.21. The molecular formula is C14H20FOP. The highest BCUT2D eigenvalue weighted by atomic mass is 31.1. The Kier molecular flexibility index (Phi) is 4.79. The van der Waals surface area contributed by atoms with Crippen molar-refractivity contribution in [3.8, 4) is 0 Å². The highest BCUT2D eigenvalue weighted by molar-refractivity contribution is 7.53. The summed E-state index contributed by atoms with van der Waals surface area (Å²) in [7, 11) is -1.92. The highest BCUT2D eigenvalue weighted by Gasteiger charge is 2.16. The minimum atomic E-state index is -1.92. The van der Waals surface area contributed by atoms with Crippen LogP contribution in [-0.4, -0.2) is 6.16 Å². The van der Waals surface area contributed by atoms with E-state index in [9.17, 15) is 8.96 Å². The molecule has 0 heterocycles. The molecule has 0 aromatic heterocycles. The molecule has 0 aliphatic heterocycles. The smallest absolute Gasteiger partial charge is 0.133 e. The second kappa shape index (κ2) is 6.35. The van der Waals surface area contributed by atoms with Crippen molar-refractivity contribution in [2.75, 3.05) is 6.16 Å². The molecular weight excluding hydrogens is 234 g/mol. The van der Waals surface area contributed by atoms with E-state index in [4.69, 9.17) is 0 Å². The average Bonchev–Trinajstić information content (AvgIpc) is 2.38. The van der Waals surface area contributed by atoms with Gasteiger partial charge in [0.15, 0.2) is 0 Å². The van der Waals surface area contributed by atoms with Crippen molar-refractivity contribution in [1.82, 2.24) is 0 Å². The van der Waals surface area contributed by atoms with E-state index in [0.717, 1.165) is 12.3 Å². The second-order valence-corrected chi connectivity index (χ2v) is 6.83. The molecule has 0 spiro atoms. The molecule has 1 atom stereocenters. The van der Waals surface area contributed by atoms with Gasteiger partial charge in [-0.15, -0.1) is 0 Å². The van der Waals surface area contributed by atoms with Crippen molar-refractivity contribution in [3.05, 3.63) is 30.1 Å². The largest absolute Gasteiger partial charge is 0.322 e. The predicted molar refractivity (Wildman–Crippen MR) is 71.1 cm³/mol. The molecule has 94 valence electrons. The lowest BCUT2D eigenvalue weighted by atomic mass is 9.88. The van der Waals surface area contributed by atoms with Gasteiger partial charge in [0, 0.05) is 11.5 Å². The van der Waals surface area contributed by atoms with E-state index >= 15 is 0 Å². The van der Waals surface area contributed by atoms with Gasteiger partial charge >= 0.3 is 0 Å². The van der Waals surface area contributed by atoms with Crippen molar-refractivity contribution < 1.29 is 8.96 Å². The fraction of sp³-hybridized carbons (Fsp3) is 0.571. The van der Waals surface area contributed by atoms with Crippen LogP contribution in [0.4, 0.5) is 4.39 Å². The standard InChI is InChI=1S/C14H20FOP/c15-13-8-4-5-9-14(13)17(16)11-10-12-6-2-1-3-7-12/h4-5,8-9,12,17H,1-3,6-7,10-11H2. The molecule has 1 aromatic rings. The zero-order valence-electron chi connectivity index (χ0n) is 10.1. The van der Waals surface area contributed by atoms with Crippen LogP contribution in [0.25, 0.3) is 0 Å². The zero-order valence-corrected chi connectivity index (χ0v) is 11.1. The first-order chi connectivity index (χ1) is 8.27. The van der Waals surface area contributed by atoms with Crippen molar-refractivity contribution >= 4 is 13.1 Å². The molecule has 1 fully saturated rings. The molecule has 1 aromatic carbocycles. The van der Waals surface area contributed by atoms with Crippen LogP contribution in [0.1, 0.15) is 38.5 Å². The van der Waals surface area contributed by atoms with Crippen LogP contribution in [0.3, 0.4) is 0 Å². The maximum atomic E-state index is 13.4. The summed E-state index contributed by atoms with van der Waals surface area (Å²) in [5, 5.41) is 0.438. The molecule has 1 nitrogen and oxygen atoms in total. The molecule has 1 aliphatic carbocycles.